The van der Waals surface area contributed by atoms with Gasteiger partial charge in [0.1, 0.15) is 11.9 Å². The van der Waals surface area contributed by atoms with Gasteiger partial charge in [0.05, 0.1) is 10.8 Å². The third kappa shape index (κ3) is 7.90. The molecule has 0 bridgehead atoms. The Kier molecular flexibility index (Phi) is 10.3. The van der Waals surface area contributed by atoms with Gasteiger partial charge in [-0.15, -0.1) is 0 Å². The van der Waals surface area contributed by atoms with Gasteiger partial charge in [0, 0.05) is 44.7 Å². The van der Waals surface area contributed by atoms with Crippen molar-refractivity contribution in [3.05, 3.63) is 35.6 Å². The Morgan fingerprint density at radius 3 is 2.19 bits per heavy atom. The fourth-order valence-electron chi connectivity index (χ4n) is 7.08. The van der Waals surface area contributed by atoms with E-state index in [0.29, 0.717) is 51.5 Å². The number of carbonyl (C=O) groups is 3. The van der Waals surface area contributed by atoms with Crippen molar-refractivity contribution >= 4 is 17.7 Å². The highest BCUT2D eigenvalue weighted by Gasteiger charge is 2.52. The van der Waals surface area contributed by atoms with E-state index in [1.54, 1.807) is 12.1 Å². The zero-order valence-corrected chi connectivity index (χ0v) is 26.1. The smallest absolute Gasteiger partial charge is 0.245 e. The van der Waals surface area contributed by atoms with Gasteiger partial charge >= 0.3 is 0 Å². The molecule has 9 heteroatoms. The van der Waals surface area contributed by atoms with E-state index in [1.165, 1.54) is 18.6 Å². The number of nitrogens with two attached hydrogens (primary N) is 1. The fourth-order valence-corrected chi connectivity index (χ4v) is 7.08. The van der Waals surface area contributed by atoms with Crippen LogP contribution in [0.2, 0.25) is 0 Å². The molecule has 3 fully saturated rings. The number of piperidine rings is 1. The molecule has 1 aliphatic heterocycles. The SMILES string of the molecule is CN(CCN)CC1(C(=O)NC(Cc2ccc(F)cc2)C(=O)N2CCC(C(=O)NC(C)(C)C)(C3CCCCC3)CC2)CC1. The summed E-state index contributed by atoms with van der Waals surface area (Å²) in [6, 6.07) is 5.35. The summed E-state index contributed by atoms with van der Waals surface area (Å²) in [5, 5.41) is 6.37. The van der Waals surface area contributed by atoms with Gasteiger partial charge in [-0.2, -0.15) is 0 Å². The Morgan fingerprint density at radius 1 is 1.02 bits per heavy atom. The highest BCUT2D eigenvalue weighted by atomic mass is 19.1. The minimum absolute atomic E-state index is 0.107. The molecule has 3 amide bonds. The Labute approximate surface area is 251 Å². The lowest BCUT2D eigenvalue weighted by molar-refractivity contribution is -0.147. The van der Waals surface area contributed by atoms with E-state index in [9.17, 15) is 18.8 Å². The Hall–Kier alpha value is -2.52. The highest BCUT2D eigenvalue weighted by Crippen LogP contribution is 2.47. The summed E-state index contributed by atoms with van der Waals surface area (Å²) in [7, 11) is 1.96. The van der Waals surface area contributed by atoms with Gasteiger partial charge in [-0.1, -0.05) is 31.4 Å². The number of likely N-dealkylation sites (tertiary alicyclic amines) is 1. The lowest BCUT2D eigenvalue weighted by atomic mass is 9.63. The summed E-state index contributed by atoms with van der Waals surface area (Å²) < 4.78 is 13.6. The van der Waals surface area contributed by atoms with E-state index in [-0.39, 0.29) is 35.5 Å². The fraction of sp³-hybridized carbons (Fsp3) is 0.727. The van der Waals surface area contributed by atoms with Crippen molar-refractivity contribution in [3.63, 3.8) is 0 Å². The van der Waals surface area contributed by atoms with Crippen LogP contribution in [0.3, 0.4) is 0 Å². The summed E-state index contributed by atoms with van der Waals surface area (Å²) in [6.45, 7) is 8.82. The van der Waals surface area contributed by atoms with Gasteiger partial charge in [0.15, 0.2) is 0 Å². The molecule has 0 spiro atoms. The van der Waals surface area contributed by atoms with Crippen LogP contribution in [0.4, 0.5) is 4.39 Å². The number of likely N-dealkylation sites (N-methyl/N-ethyl adjacent to an activating group) is 1. The maximum atomic E-state index is 14.1. The van der Waals surface area contributed by atoms with Crippen LogP contribution in [0.25, 0.3) is 0 Å². The van der Waals surface area contributed by atoms with Crippen molar-refractivity contribution in [1.29, 1.82) is 0 Å². The molecule has 4 N–H and O–H groups in total. The van der Waals surface area contributed by atoms with E-state index in [4.69, 9.17) is 5.73 Å². The molecule has 2 saturated carbocycles. The van der Waals surface area contributed by atoms with Crippen LogP contribution < -0.4 is 16.4 Å². The van der Waals surface area contributed by atoms with E-state index in [1.807, 2.05) is 32.7 Å². The molecule has 42 heavy (non-hydrogen) atoms. The molecule has 4 rings (SSSR count). The average Bonchev–Trinajstić information content (AvgIpc) is 3.73. The van der Waals surface area contributed by atoms with Gasteiger partial charge < -0.3 is 26.2 Å². The third-order valence-electron chi connectivity index (χ3n) is 9.67. The maximum absolute atomic E-state index is 14.1. The van der Waals surface area contributed by atoms with Gasteiger partial charge in [0.25, 0.3) is 0 Å². The molecule has 1 saturated heterocycles. The molecule has 1 aromatic rings. The van der Waals surface area contributed by atoms with Gasteiger partial charge in [0.2, 0.25) is 17.7 Å². The number of halogens is 1. The first-order valence-electron chi connectivity index (χ1n) is 15.9. The predicted octanol–water partition coefficient (Wildman–Crippen LogP) is 3.63. The molecule has 8 nitrogen and oxygen atoms in total. The van der Waals surface area contributed by atoms with Crippen molar-refractivity contribution in [2.75, 3.05) is 39.8 Å². The number of hydrogen-bond acceptors (Lipinski definition) is 5. The topological polar surface area (TPSA) is 108 Å². The summed E-state index contributed by atoms with van der Waals surface area (Å²) in [5.74, 6) is -0.144. The summed E-state index contributed by atoms with van der Waals surface area (Å²) in [4.78, 5) is 45.4. The minimum atomic E-state index is -0.758. The number of rotatable bonds is 11. The number of hydrogen-bond donors (Lipinski definition) is 3. The Balaban J connectivity index is 1.50. The average molecular weight is 586 g/mol. The molecule has 1 atom stereocenters. The quantitative estimate of drug-likeness (QED) is 0.368. The van der Waals surface area contributed by atoms with E-state index in [0.717, 1.165) is 44.1 Å². The number of nitrogens with one attached hydrogen (secondary N) is 2. The number of carbonyl (C=O) groups excluding carboxylic acids is 3. The van der Waals surface area contributed by atoms with Crippen LogP contribution in [0.5, 0.6) is 0 Å². The normalized spacial score (nSPS) is 21.1. The maximum Gasteiger partial charge on any atom is 0.245 e. The second kappa shape index (κ2) is 13.4. The van der Waals surface area contributed by atoms with Crippen LogP contribution >= 0.6 is 0 Å². The van der Waals surface area contributed by atoms with Crippen LogP contribution in [0.15, 0.2) is 24.3 Å². The first-order chi connectivity index (χ1) is 19.9. The molecule has 1 aromatic carbocycles. The van der Waals surface area contributed by atoms with Crippen LogP contribution in [0.1, 0.15) is 84.1 Å². The molecular weight excluding hydrogens is 533 g/mol. The van der Waals surface area contributed by atoms with Crippen molar-refractivity contribution in [3.8, 4) is 0 Å². The highest BCUT2D eigenvalue weighted by molar-refractivity contribution is 5.92. The number of amides is 3. The lowest BCUT2D eigenvalue weighted by Gasteiger charge is -2.48. The molecule has 0 radical (unpaired) electrons. The molecule has 3 aliphatic rings. The van der Waals surface area contributed by atoms with Gasteiger partial charge in [-0.25, -0.2) is 4.39 Å². The number of benzene rings is 1. The second-order valence-electron chi connectivity index (χ2n) is 14.2. The lowest BCUT2D eigenvalue weighted by Crippen LogP contribution is -2.59. The molecular formula is C33H52FN5O3. The third-order valence-corrected chi connectivity index (χ3v) is 9.67. The predicted molar refractivity (Wildman–Crippen MR) is 163 cm³/mol. The monoisotopic (exact) mass is 585 g/mol. The van der Waals surface area contributed by atoms with Crippen molar-refractivity contribution < 1.29 is 18.8 Å². The molecule has 1 heterocycles. The summed E-state index contributed by atoms with van der Waals surface area (Å²) in [6.07, 6.45) is 8.69. The number of nitrogens with zero attached hydrogens (tertiary/aromatic N) is 2. The van der Waals surface area contributed by atoms with E-state index >= 15 is 0 Å². The molecule has 1 unspecified atom stereocenters. The Morgan fingerprint density at radius 2 is 1.64 bits per heavy atom. The van der Waals surface area contributed by atoms with Crippen molar-refractivity contribution in [2.45, 2.75) is 96.6 Å². The molecule has 0 aromatic heterocycles. The zero-order chi connectivity index (χ0) is 30.5. The minimum Gasteiger partial charge on any atom is -0.351 e. The first kappa shape index (κ1) is 32.4. The van der Waals surface area contributed by atoms with Crippen molar-refractivity contribution in [2.24, 2.45) is 22.5 Å². The first-order valence-corrected chi connectivity index (χ1v) is 15.9. The van der Waals surface area contributed by atoms with Gasteiger partial charge in [-0.3, -0.25) is 14.4 Å². The zero-order valence-electron chi connectivity index (χ0n) is 26.1. The van der Waals surface area contributed by atoms with E-state index in [2.05, 4.69) is 15.5 Å². The standard InChI is InChI=1S/C33H52FN5O3/c1-31(2,3)37-30(42)33(25-8-6-5-7-9-25)16-19-39(20-17-33)28(40)27(22-24-10-12-26(34)13-11-24)36-29(41)32(14-15-32)23-38(4)21-18-35/h10-13,25,27H,5-9,14-23,35H2,1-4H3,(H,36,41)(H,37,42). The molecule has 234 valence electrons. The second-order valence-corrected chi connectivity index (χ2v) is 14.2. The Bertz CT molecular complexity index is 1080. The summed E-state index contributed by atoms with van der Waals surface area (Å²) >= 11 is 0. The van der Waals surface area contributed by atoms with E-state index < -0.39 is 16.9 Å². The van der Waals surface area contributed by atoms with Crippen LogP contribution in [0, 0.1) is 22.6 Å². The van der Waals surface area contributed by atoms with Crippen LogP contribution in [-0.2, 0) is 20.8 Å². The van der Waals surface area contributed by atoms with Crippen molar-refractivity contribution in [1.82, 2.24) is 20.4 Å². The largest absolute Gasteiger partial charge is 0.351 e. The van der Waals surface area contributed by atoms with Gasteiger partial charge in [-0.05, 0) is 90.0 Å². The molecule has 2 aliphatic carbocycles. The summed E-state index contributed by atoms with van der Waals surface area (Å²) in [5.41, 5.74) is 5.19. The van der Waals surface area contributed by atoms with Crippen LogP contribution in [-0.4, -0.2) is 78.9 Å².